The topological polar surface area (TPSA) is 20.2 Å². The highest BCUT2D eigenvalue weighted by Gasteiger charge is 2.03. The SMILES string of the molecule is CC(C)=Cc1cc(C)cc(I)c1O. The van der Waals surface area contributed by atoms with Gasteiger partial charge in [-0.25, -0.2) is 0 Å². The molecule has 1 aromatic rings. The van der Waals surface area contributed by atoms with Crippen LogP contribution in [0.25, 0.3) is 6.08 Å². The number of hydrogen-bond acceptors (Lipinski definition) is 1. The van der Waals surface area contributed by atoms with E-state index in [4.69, 9.17) is 0 Å². The lowest BCUT2D eigenvalue weighted by molar-refractivity contribution is 0.470. The normalized spacial score (nSPS) is 9.85. The molecule has 0 heterocycles. The summed E-state index contributed by atoms with van der Waals surface area (Å²) < 4.78 is 0.908. The predicted octanol–water partition coefficient (Wildman–Crippen LogP) is 3.73. The Morgan fingerprint density at radius 3 is 2.54 bits per heavy atom. The number of allylic oxidation sites excluding steroid dienone is 1. The quantitative estimate of drug-likeness (QED) is 0.781. The third-order valence-corrected chi connectivity index (χ3v) is 2.50. The maximum absolute atomic E-state index is 9.72. The lowest BCUT2D eigenvalue weighted by Crippen LogP contribution is -1.83. The fourth-order valence-corrected chi connectivity index (χ4v) is 1.99. The number of hydrogen-bond donors (Lipinski definition) is 1. The molecular formula is C11H13IO. The zero-order chi connectivity index (χ0) is 10.0. The van der Waals surface area contributed by atoms with Gasteiger partial charge in [-0.2, -0.15) is 0 Å². The lowest BCUT2D eigenvalue weighted by atomic mass is 10.1. The number of aromatic hydroxyl groups is 1. The van der Waals surface area contributed by atoms with Gasteiger partial charge in [-0.3, -0.25) is 0 Å². The van der Waals surface area contributed by atoms with E-state index in [0.29, 0.717) is 5.75 Å². The molecule has 1 rings (SSSR count). The van der Waals surface area contributed by atoms with E-state index in [-0.39, 0.29) is 0 Å². The summed E-state index contributed by atoms with van der Waals surface area (Å²) in [4.78, 5) is 0. The van der Waals surface area contributed by atoms with Crippen LogP contribution < -0.4 is 0 Å². The van der Waals surface area contributed by atoms with Crippen LogP contribution in [0.5, 0.6) is 5.75 Å². The van der Waals surface area contributed by atoms with E-state index in [0.717, 1.165) is 9.13 Å². The summed E-state index contributed by atoms with van der Waals surface area (Å²) in [5.74, 6) is 0.382. The predicted molar refractivity (Wildman–Crippen MR) is 64.9 cm³/mol. The first-order valence-electron chi connectivity index (χ1n) is 4.14. The van der Waals surface area contributed by atoms with Gasteiger partial charge in [0.05, 0.1) is 3.57 Å². The van der Waals surface area contributed by atoms with Gasteiger partial charge >= 0.3 is 0 Å². The molecule has 0 bridgehead atoms. The minimum Gasteiger partial charge on any atom is -0.506 e. The summed E-state index contributed by atoms with van der Waals surface area (Å²) in [5, 5.41) is 9.72. The minimum atomic E-state index is 0.382. The molecule has 70 valence electrons. The Hall–Kier alpha value is -0.510. The average Bonchev–Trinajstić information content (AvgIpc) is 1.98. The van der Waals surface area contributed by atoms with Crippen molar-refractivity contribution in [1.82, 2.24) is 0 Å². The molecule has 0 spiro atoms. The van der Waals surface area contributed by atoms with Crippen LogP contribution in [-0.4, -0.2) is 5.11 Å². The summed E-state index contributed by atoms with van der Waals surface area (Å²) in [6.45, 7) is 6.08. The van der Waals surface area contributed by atoms with Crippen LogP contribution in [0.1, 0.15) is 25.0 Å². The number of halogens is 1. The number of phenolic OH excluding ortho intramolecular Hbond substituents is 1. The first-order chi connectivity index (χ1) is 6.00. The van der Waals surface area contributed by atoms with Gasteiger partial charge in [0.2, 0.25) is 0 Å². The highest BCUT2D eigenvalue weighted by atomic mass is 127. The molecule has 0 amide bonds. The molecule has 13 heavy (non-hydrogen) atoms. The van der Waals surface area contributed by atoms with Gasteiger partial charge in [0.15, 0.2) is 0 Å². The monoisotopic (exact) mass is 288 g/mol. The summed E-state index contributed by atoms with van der Waals surface area (Å²) >= 11 is 2.14. The lowest BCUT2D eigenvalue weighted by Gasteiger charge is -2.04. The molecule has 0 radical (unpaired) electrons. The van der Waals surface area contributed by atoms with Crippen molar-refractivity contribution in [3.63, 3.8) is 0 Å². The molecule has 0 fully saturated rings. The molecule has 0 unspecified atom stereocenters. The Morgan fingerprint density at radius 1 is 1.38 bits per heavy atom. The fourth-order valence-electron chi connectivity index (χ4n) is 1.18. The minimum absolute atomic E-state index is 0.382. The van der Waals surface area contributed by atoms with Gasteiger partial charge in [0.25, 0.3) is 0 Å². The van der Waals surface area contributed by atoms with Gasteiger partial charge in [0.1, 0.15) is 5.75 Å². The standard InChI is InChI=1S/C11H13IO/c1-7(2)4-9-5-8(3)6-10(12)11(9)13/h4-6,13H,1-3H3. The van der Waals surface area contributed by atoms with Crippen molar-refractivity contribution in [2.75, 3.05) is 0 Å². The second-order valence-electron chi connectivity index (χ2n) is 3.41. The van der Waals surface area contributed by atoms with Crippen LogP contribution >= 0.6 is 22.6 Å². The van der Waals surface area contributed by atoms with Crippen LogP contribution in [0.3, 0.4) is 0 Å². The van der Waals surface area contributed by atoms with E-state index in [1.54, 1.807) is 0 Å². The molecule has 1 N–H and O–H groups in total. The summed E-state index contributed by atoms with van der Waals surface area (Å²) in [7, 11) is 0. The average molecular weight is 288 g/mol. The van der Waals surface area contributed by atoms with E-state index in [1.165, 1.54) is 11.1 Å². The number of aryl methyl sites for hydroxylation is 1. The number of benzene rings is 1. The summed E-state index contributed by atoms with van der Waals surface area (Å²) in [5.41, 5.74) is 3.27. The van der Waals surface area contributed by atoms with E-state index >= 15 is 0 Å². The Bertz CT molecular complexity index is 349. The zero-order valence-corrected chi connectivity index (χ0v) is 10.2. The maximum Gasteiger partial charge on any atom is 0.136 e. The van der Waals surface area contributed by atoms with Crippen molar-refractivity contribution >= 4 is 28.7 Å². The van der Waals surface area contributed by atoms with Gasteiger partial charge in [-0.05, 0) is 61.1 Å². The van der Waals surface area contributed by atoms with Crippen LogP contribution in [-0.2, 0) is 0 Å². The second kappa shape index (κ2) is 4.13. The van der Waals surface area contributed by atoms with E-state index in [9.17, 15) is 5.11 Å². The largest absolute Gasteiger partial charge is 0.506 e. The van der Waals surface area contributed by atoms with Gasteiger partial charge in [-0.15, -0.1) is 0 Å². The van der Waals surface area contributed by atoms with Crippen molar-refractivity contribution in [3.8, 4) is 5.75 Å². The van der Waals surface area contributed by atoms with E-state index < -0.39 is 0 Å². The van der Waals surface area contributed by atoms with Crippen molar-refractivity contribution in [3.05, 3.63) is 32.4 Å². The molecule has 1 nitrogen and oxygen atoms in total. The maximum atomic E-state index is 9.72. The van der Waals surface area contributed by atoms with Crippen molar-refractivity contribution < 1.29 is 5.11 Å². The third kappa shape index (κ3) is 2.72. The molecular weight excluding hydrogens is 275 g/mol. The smallest absolute Gasteiger partial charge is 0.136 e. The third-order valence-electron chi connectivity index (χ3n) is 1.68. The first-order valence-corrected chi connectivity index (χ1v) is 5.22. The molecule has 0 aliphatic rings. The molecule has 0 aliphatic carbocycles. The Balaban J connectivity index is 3.28. The zero-order valence-electron chi connectivity index (χ0n) is 8.06. The molecule has 0 saturated heterocycles. The number of rotatable bonds is 1. The van der Waals surface area contributed by atoms with Gasteiger partial charge in [-0.1, -0.05) is 11.6 Å². The highest BCUT2D eigenvalue weighted by molar-refractivity contribution is 14.1. The summed E-state index contributed by atoms with van der Waals surface area (Å²) in [6, 6.07) is 3.96. The van der Waals surface area contributed by atoms with Crippen molar-refractivity contribution in [2.24, 2.45) is 0 Å². The molecule has 0 aromatic heterocycles. The van der Waals surface area contributed by atoms with Crippen LogP contribution in [0, 0.1) is 10.5 Å². The molecule has 2 heteroatoms. The molecule has 1 aromatic carbocycles. The van der Waals surface area contributed by atoms with Gasteiger partial charge < -0.3 is 5.11 Å². The Labute approximate surface area is 92.6 Å². The second-order valence-corrected chi connectivity index (χ2v) is 4.57. The molecule has 0 saturated carbocycles. The molecule has 0 atom stereocenters. The van der Waals surface area contributed by atoms with Crippen molar-refractivity contribution in [1.29, 1.82) is 0 Å². The van der Waals surface area contributed by atoms with E-state index in [1.807, 2.05) is 39.0 Å². The van der Waals surface area contributed by atoms with Crippen LogP contribution in [0.15, 0.2) is 17.7 Å². The van der Waals surface area contributed by atoms with Crippen LogP contribution in [0.4, 0.5) is 0 Å². The van der Waals surface area contributed by atoms with E-state index in [2.05, 4.69) is 22.6 Å². The van der Waals surface area contributed by atoms with Crippen molar-refractivity contribution in [2.45, 2.75) is 20.8 Å². The Kier molecular flexibility index (Phi) is 3.36. The first kappa shape index (κ1) is 10.6. The number of phenols is 1. The van der Waals surface area contributed by atoms with Gasteiger partial charge in [0, 0.05) is 5.56 Å². The fraction of sp³-hybridized carbons (Fsp3) is 0.273. The summed E-state index contributed by atoms with van der Waals surface area (Å²) in [6.07, 6.45) is 1.99. The molecule has 0 aliphatic heterocycles. The van der Waals surface area contributed by atoms with Crippen LogP contribution in [0.2, 0.25) is 0 Å². The Morgan fingerprint density at radius 2 is 2.00 bits per heavy atom. The highest BCUT2D eigenvalue weighted by Crippen LogP contribution is 2.27.